The molecule has 0 saturated carbocycles. The Hall–Kier alpha value is -1.84. The van der Waals surface area contributed by atoms with E-state index in [-0.39, 0.29) is 11.9 Å². The molecule has 0 aromatic heterocycles. The van der Waals surface area contributed by atoms with Gasteiger partial charge in [-0.3, -0.25) is 9.69 Å². The van der Waals surface area contributed by atoms with Crippen molar-refractivity contribution >= 4 is 17.5 Å². The van der Waals surface area contributed by atoms with Gasteiger partial charge in [-0.1, -0.05) is 67.9 Å². The Morgan fingerprint density at radius 2 is 1.58 bits per heavy atom. The molecular weight excluding hydrogens is 320 g/mol. The van der Waals surface area contributed by atoms with Crippen LogP contribution in [0.25, 0.3) is 0 Å². The summed E-state index contributed by atoms with van der Waals surface area (Å²) in [7, 11) is 1.86. The Labute approximate surface area is 149 Å². The fourth-order valence-electron chi connectivity index (χ4n) is 2.88. The van der Waals surface area contributed by atoms with Crippen LogP contribution >= 0.6 is 11.6 Å². The fraction of sp³-hybridized carbons (Fsp3) is 0.350. The molecule has 0 saturated heterocycles. The molecule has 3 nitrogen and oxygen atoms in total. The van der Waals surface area contributed by atoms with E-state index in [9.17, 15) is 4.79 Å². The number of likely N-dealkylation sites (N-methyl/N-ethyl adjacent to an activating group) is 2. The number of hydrogen-bond donors (Lipinski definition) is 0. The fourth-order valence-corrected chi connectivity index (χ4v) is 3.01. The summed E-state index contributed by atoms with van der Waals surface area (Å²) in [5.74, 6) is 0.111. The van der Waals surface area contributed by atoms with E-state index in [0.29, 0.717) is 11.6 Å². The van der Waals surface area contributed by atoms with E-state index in [4.69, 9.17) is 11.6 Å². The number of hydrogen-bond acceptors (Lipinski definition) is 2. The SMILES string of the molecule is CCN(CC)C(C(=O)N(C)Cc1ccc(Cl)cc1)c1ccccc1. The third kappa shape index (κ3) is 4.59. The number of rotatable bonds is 7. The van der Waals surface area contributed by atoms with E-state index in [2.05, 4.69) is 18.7 Å². The van der Waals surface area contributed by atoms with Crippen LogP contribution in [0, 0.1) is 0 Å². The maximum absolute atomic E-state index is 13.1. The van der Waals surface area contributed by atoms with E-state index < -0.39 is 0 Å². The summed E-state index contributed by atoms with van der Waals surface area (Å²) in [4.78, 5) is 17.1. The van der Waals surface area contributed by atoms with Crippen LogP contribution in [-0.4, -0.2) is 35.8 Å². The molecule has 1 atom stereocenters. The van der Waals surface area contributed by atoms with Crippen LogP contribution in [0.1, 0.15) is 31.0 Å². The first-order chi connectivity index (χ1) is 11.6. The van der Waals surface area contributed by atoms with Crippen LogP contribution in [0.2, 0.25) is 5.02 Å². The van der Waals surface area contributed by atoms with Crippen LogP contribution < -0.4 is 0 Å². The molecule has 0 aliphatic rings. The molecule has 24 heavy (non-hydrogen) atoms. The molecule has 2 aromatic carbocycles. The quantitative estimate of drug-likeness (QED) is 0.744. The zero-order valence-corrected chi connectivity index (χ0v) is 15.3. The molecule has 2 aromatic rings. The summed E-state index contributed by atoms with van der Waals surface area (Å²) in [6.07, 6.45) is 0. The molecule has 0 radical (unpaired) electrons. The highest BCUT2D eigenvalue weighted by Crippen LogP contribution is 2.23. The monoisotopic (exact) mass is 344 g/mol. The Bertz CT molecular complexity index is 638. The van der Waals surface area contributed by atoms with Crippen LogP contribution in [0.4, 0.5) is 0 Å². The van der Waals surface area contributed by atoms with Gasteiger partial charge in [-0.2, -0.15) is 0 Å². The standard InChI is InChI=1S/C20H25ClN2O/c1-4-23(5-2)19(17-9-7-6-8-10-17)20(24)22(3)15-16-11-13-18(21)14-12-16/h6-14,19H,4-5,15H2,1-3H3. The number of halogens is 1. The van der Waals surface area contributed by atoms with Gasteiger partial charge in [-0.05, 0) is 36.3 Å². The summed E-state index contributed by atoms with van der Waals surface area (Å²) >= 11 is 5.93. The third-order valence-electron chi connectivity index (χ3n) is 4.24. The Kier molecular flexibility index (Phi) is 6.83. The number of amides is 1. The van der Waals surface area contributed by atoms with Crippen LogP contribution in [0.5, 0.6) is 0 Å². The molecule has 0 heterocycles. The minimum Gasteiger partial charge on any atom is -0.340 e. The van der Waals surface area contributed by atoms with Gasteiger partial charge in [-0.25, -0.2) is 0 Å². The van der Waals surface area contributed by atoms with Crippen molar-refractivity contribution in [2.45, 2.75) is 26.4 Å². The van der Waals surface area contributed by atoms with Gasteiger partial charge in [0.25, 0.3) is 0 Å². The Morgan fingerprint density at radius 1 is 1.00 bits per heavy atom. The maximum atomic E-state index is 13.1. The molecule has 4 heteroatoms. The predicted molar refractivity (Wildman–Crippen MR) is 100 cm³/mol. The lowest BCUT2D eigenvalue weighted by molar-refractivity contribution is -0.136. The van der Waals surface area contributed by atoms with Crippen molar-refractivity contribution < 1.29 is 4.79 Å². The average molecular weight is 345 g/mol. The van der Waals surface area contributed by atoms with E-state index in [0.717, 1.165) is 24.2 Å². The van der Waals surface area contributed by atoms with Crippen molar-refractivity contribution in [2.24, 2.45) is 0 Å². The second kappa shape index (κ2) is 8.86. The van der Waals surface area contributed by atoms with E-state index in [1.165, 1.54) is 0 Å². The smallest absolute Gasteiger partial charge is 0.244 e. The minimum atomic E-state index is -0.251. The highest BCUT2D eigenvalue weighted by Gasteiger charge is 2.28. The second-order valence-electron chi connectivity index (χ2n) is 5.86. The molecule has 0 aliphatic heterocycles. The van der Waals surface area contributed by atoms with Crippen LogP contribution in [-0.2, 0) is 11.3 Å². The molecule has 128 valence electrons. The highest BCUT2D eigenvalue weighted by atomic mass is 35.5. The van der Waals surface area contributed by atoms with Crippen molar-refractivity contribution in [1.82, 2.24) is 9.80 Å². The molecule has 1 amide bonds. The minimum absolute atomic E-state index is 0.111. The first kappa shape index (κ1) is 18.5. The predicted octanol–water partition coefficient (Wildman–Crippen LogP) is 4.38. The first-order valence-corrected chi connectivity index (χ1v) is 8.73. The Morgan fingerprint density at radius 3 is 2.12 bits per heavy atom. The maximum Gasteiger partial charge on any atom is 0.244 e. The molecule has 0 N–H and O–H groups in total. The largest absolute Gasteiger partial charge is 0.340 e. The van der Waals surface area contributed by atoms with Crippen molar-refractivity contribution in [3.8, 4) is 0 Å². The number of nitrogens with zero attached hydrogens (tertiary/aromatic N) is 2. The third-order valence-corrected chi connectivity index (χ3v) is 4.49. The number of carbonyl (C=O) groups is 1. The van der Waals surface area contributed by atoms with Gasteiger partial charge in [0.1, 0.15) is 6.04 Å². The Balaban J connectivity index is 2.21. The van der Waals surface area contributed by atoms with Crippen molar-refractivity contribution in [3.63, 3.8) is 0 Å². The van der Waals surface area contributed by atoms with Gasteiger partial charge in [0.15, 0.2) is 0 Å². The van der Waals surface area contributed by atoms with Gasteiger partial charge in [0.2, 0.25) is 5.91 Å². The summed E-state index contributed by atoms with van der Waals surface area (Å²) in [5.41, 5.74) is 2.11. The van der Waals surface area contributed by atoms with Crippen molar-refractivity contribution in [1.29, 1.82) is 0 Å². The van der Waals surface area contributed by atoms with Crippen LogP contribution in [0.15, 0.2) is 54.6 Å². The molecule has 0 spiro atoms. The van der Waals surface area contributed by atoms with E-state index >= 15 is 0 Å². The summed E-state index contributed by atoms with van der Waals surface area (Å²) in [6, 6.07) is 17.4. The van der Waals surface area contributed by atoms with Crippen molar-refractivity contribution in [3.05, 3.63) is 70.7 Å². The van der Waals surface area contributed by atoms with Crippen LogP contribution in [0.3, 0.4) is 0 Å². The van der Waals surface area contributed by atoms with Gasteiger partial charge in [0.05, 0.1) is 0 Å². The zero-order valence-electron chi connectivity index (χ0n) is 14.6. The lowest BCUT2D eigenvalue weighted by Gasteiger charge is -2.32. The lowest BCUT2D eigenvalue weighted by Crippen LogP contribution is -2.41. The number of benzene rings is 2. The average Bonchev–Trinajstić information content (AvgIpc) is 2.61. The molecular formula is C20H25ClN2O. The molecule has 0 fully saturated rings. The molecule has 0 aliphatic carbocycles. The molecule has 2 rings (SSSR count). The highest BCUT2D eigenvalue weighted by molar-refractivity contribution is 6.30. The topological polar surface area (TPSA) is 23.6 Å². The van der Waals surface area contributed by atoms with Crippen molar-refractivity contribution in [2.75, 3.05) is 20.1 Å². The second-order valence-corrected chi connectivity index (χ2v) is 6.29. The normalized spacial score (nSPS) is 12.2. The molecule has 1 unspecified atom stereocenters. The van der Waals surface area contributed by atoms with Gasteiger partial charge in [-0.15, -0.1) is 0 Å². The van der Waals surface area contributed by atoms with Gasteiger partial charge >= 0.3 is 0 Å². The van der Waals surface area contributed by atoms with E-state index in [1.807, 2.05) is 61.6 Å². The van der Waals surface area contributed by atoms with E-state index in [1.54, 1.807) is 4.90 Å². The lowest BCUT2D eigenvalue weighted by atomic mass is 10.0. The van der Waals surface area contributed by atoms with Gasteiger partial charge in [0, 0.05) is 18.6 Å². The van der Waals surface area contributed by atoms with Gasteiger partial charge < -0.3 is 4.90 Å². The number of carbonyl (C=O) groups excluding carboxylic acids is 1. The zero-order chi connectivity index (χ0) is 17.5. The summed E-state index contributed by atoms with van der Waals surface area (Å²) < 4.78 is 0. The summed E-state index contributed by atoms with van der Waals surface area (Å²) in [5, 5.41) is 0.707. The summed E-state index contributed by atoms with van der Waals surface area (Å²) in [6.45, 7) is 6.41. The first-order valence-electron chi connectivity index (χ1n) is 8.35. The molecule has 0 bridgehead atoms.